The maximum absolute atomic E-state index is 9.50. The zero-order valence-corrected chi connectivity index (χ0v) is 16.3. The Morgan fingerprint density at radius 1 is 1.18 bits per heavy atom. The molecule has 1 aromatic carbocycles. The monoisotopic (exact) mass is 375 g/mol. The molecule has 0 saturated carbocycles. The Hall–Kier alpha value is -2.65. The Morgan fingerprint density at radius 2 is 2.04 bits per heavy atom. The van der Waals surface area contributed by atoms with Gasteiger partial charge in [0.15, 0.2) is 0 Å². The molecule has 5 rings (SSSR count). The van der Waals surface area contributed by atoms with E-state index >= 15 is 0 Å². The quantitative estimate of drug-likeness (QED) is 0.826. The van der Waals surface area contributed by atoms with Crippen LogP contribution in [0.15, 0.2) is 18.2 Å². The summed E-state index contributed by atoms with van der Waals surface area (Å²) in [6.45, 7) is 5.82. The average Bonchev–Trinajstić information content (AvgIpc) is 2.73. The van der Waals surface area contributed by atoms with Crippen molar-refractivity contribution in [1.29, 1.82) is 5.26 Å². The minimum atomic E-state index is -0.326. The van der Waals surface area contributed by atoms with Gasteiger partial charge in [-0.1, -0.05) is 18.2 Å². The normalized spacial score (nSPS) is 23.5. The lowest BCUT2D eigenvalue weighted by Crippen LogP contribution is -2.45. The van der Waals surface area contributed by atoms with E-state index in [1.54, 1.807) is 0 Å². The summed E-state index contributed by atoms with van der Waals surface area (Å²) in [5, 5.41) is 12.9. The third kappa shape index (κ3) is 2.73. The fraction of sp³-hybridized carbons (Fsp3) is 0.500. The number of ether oxygens (including phenoxy) is 1. The SMILES string of the molecule is Cc1cccc2c1C1(CCC2)CCc2c(nc(C#N)nc2N2CCNCC2)O1. The molecular formula is C22H25N5O. The third-order valence-electron chi connectivity index (χ3n) is 6.38. The Kier molecular flexibility index (Phi) is 4.21. The van der Waals surface area contributed by atoms with Crippen molar-refractivity contribution in [3.63, 3.8) is 0 Å². The highest BCUT2D eigenvalue weighted by atomic mass is 16.5. The van der Waals surface area contributed by atoms with Gasteiger partial charge in [-0.05, 0) is 50.2 Å². The number of hydrogen-bond acceptors (Lipinski definition) is 6. The molecular weight excluding hydrogens is 350 g/mol. The molecule has 1 aromatic heterocycles. The molecule has 1 aliphatic carbocycles. The average molecular weight is 375 g/mol. The number of benzene rings is 1. The fourth-order valence-corrected chi connectivity index (χ4v) is 5.14. The summed E-state index contributed by atoms with van der Waals surface area (Å²) < 4.78 is 6.70. The van der Waals surface area contributed by atoms with Crippen molar-refractivity contribution in [3.05, 3.63) is 46.3 Å². The molecule has 3 aliphatic rings. The molecule has 6 nitrogen and oxygen atoms in total. The Bertz CT molecular complexity index is 960. The van der Waals surface area contributed by atoms with Crippen molar-refractivity contribution in [2.24, 2.45) is 0 Å². The molecule has 0 amide bonds. The molecule has 1 unspecified atom stereocenters. The predicted octanol–water partition coefficient (Wildman–Crippen LogP) is 2.62. The second-order valence-electron chi connectivity index (χ2n) is 8.06. The van der Waals surface area contributed by atoms with Crippen LogP contribution < -0.4 is 15.0 Å². The van der Waals surface area contributed by atoms with Crippen molar-refractivity contribution >= 4 is 5.82 Å². The number of hydrogen-bond donors (Lipinski definition) is 1. The first-order valence-corrected chi connectivity index (χ1v) is 10.2. The van der Waals surface area contributed by atoms with E-state index in [2.05, 4.69) is 51.4 Å². The number of piperazine rings is 1. The third-order valence-corrected chi connectivity index (χ3v) is 6.38. The van der Waals surface area contributed by atoms with Crippen molar-refractivity contribution in [2.45, 2.75) is 44.6 Å². The minimum absolute atomic E-state index is 0.199. The predicted molar refractivity (Wildman–Crippen MR) is 107 cm³/mol. The summed E-state index contributed by atoms with van der Waals surface area (Å²) in [6, 6.07) is 8.68. The van der Waals surface area contributed by atoms with Crippen molar-refractivity contribution in [1.82, 2.24) is 15.3 Å². The fourth-order valence-electron chi connectivity index (χ4n) is 5.14. The molecule has 0 bridgehead atoms. The van der Waals surface area contributed by atoms with E-state index in [1.165, 1.54) is 16.7 Å². The van der Waals surface area contributed by atoms with Crippen molar-refractivity contribution < 1.29 is 4.74 Å². The van der Waals surface area contributed by atoms with Crippen LogP contribution in [0.1, 0.15) is 47.3 Å². The van der Waals surface area contributed by atoms with Crippen LogP contribution in [0.25, 0.3) is 0 Å². The highest BCUT2D eigenvalue weighted by Gasteiger charge is 2.44. The minimum Gasteiger partial charge on any atom is -0.466 e. The first-order valence-electron chi connectivity index (χ1n) is 10.2. The summed E-state index contributed by atoms with van der Waals surface area (Å²) in [6.07, 6.45) is 5.04. The summed E-state index contributed by atoms with van der Waals surface area (Å²) in [7, 11) is 0. The van der Waals surface area contributed by atoms with Crippen LogP contribution in [0.3, 0.4) is 0 Å². The second-order valence-corrected chi connectivity index (χ2v) is 8.06. The summed E-state index contributed by atoms with van der Waals surface area (Å²) >= 11 is 0. The van der Waals surface area contributed by atoms with Gasteiger partial charge in [-0.2, -0.15) is 10.2 Å². The molecule has 144 valence electrons. The molecule has 1 fully saturated rings. The summed E-state index contributed by atoms with van der Waals surface area (Å²) in [4.78, 5) is 11.3. The van der Waals surface area contributed by atoms with E-state index < -0.39 is 0 Å². The maximum Gasteiger partial charge on any atom is 0.237 e. The van der Waals surface area contributed by atoms with Gasteiger partial charge < -0.3 is 15.0 Å². The summed E-state index contributed by atoms with van der Waals surface area (Å²) in [5.74, 6) is 1.70. The van der Waals surface area contributed by atoms with Crippen LogP contribution in [-0.4, -0.2) is 36.1 Å². The van der Waals surface area contributed by atoms with Gasteiger partial charge in [-0.25, -0.2) is 4.98 Å². The number of nitriles is 1. The smallest absolute Gasteiger partial charge is 0.237 e. The van der Waals surface area contributed by atoms with Crippen LogP contribution in [0.4, 0.5) is 5.82 Å². The lowest BCUT2D eigenvalue weighted by atomic mass is 9.73. The zero-order chi connectivity index (χ0) is 19.1. The first kappa shape index (κ1) is 17.4. The standard InChI is InChI=1S/C22H25N5O/c1-15-4-2-5-16-6-3-8-22(19(15)16)9-7-17-20(27-12-10-24-11-13-27)25-18(14-23)26-21(17)28-22/h2,4-5,24H,3,6-13H2,1H3. The van der Waals surface area contributed by atoms with E-state index in [1.807, 2.05) is 0 Å². The first-order chi connectivity index (χ1) is 13.7. The van der Waals surface area contributed by atoms with E-state index in [0.29, 0.717) is 5.88 Å². The number of nitrogens with zero attached hydrogens (tertiary/aromatic N) is 4. The zero-order valence-electron chi connectivity index (χ0n) is 16.3. The van der Waals surface area contributed by atoms with Gasteiger partial charge in [0.25, 0.3) is 0 Å². The Balaban J connectivity index is 1.60. The lowest BCUT2D eigenvalue weighted by molar-refractivity contribution is 0.0194. The van der Waals surface area contributed by atoms with E-state index in [0.717, 1.165) is 69.7 Å². The van der Waals surface area contributed by atoms with E-state index in [9.17, 15) is 5.26 Å². The van der Waals surface area contributed by atoms with E-state index in [4.69, 9.17) is 4.74 Å². The highest BCUT2D eigenvalue weighted by Crippen LogP contribution is 2.48. The van der Waals surface area contributed by atoms with Crippen LogP contribution in [0.5, 0.6) is 5.88 Å². The number of aryl methyl sites for hydroxylation is 2. The second kappa shape index (κ2) is 6.75. The van der Waals surface area contributed by atoms with Crippen LogP contribution in [0, 0.1) is 18.3 Å². The Morgan fingerprint density at radius 3 is 2.86 bits per heavy atom. The Labute approximate surface area is 165 Å². The molecule has 28 heavy (non-hydrogen) atoms. The van der Waals surface area contributed by atoms with Crippen LogP contribution >= 0.6 is 0 Å². The molecule has 1 atom stereocenters. The van der Waals surface area contributed by atoms with Gasteiger partial charge in [-0.3, -0.25) is 0 Å². The van der Waals surface area contributed by atoms with Crippen LogP contribution in [-0.2, 0) is 18.4 Å². The molecule has 1 spiro atoms. The van der Waals surface area contributed by atoms with Gasteiger partial charge in [0.05, 0.1) is 5.56 Å². The molecule has 1 saturated heterocycles. The molecule has 3 heterocycles. The lowest BCUT2D eigenvalue weighted by Gasteiger charge is -2.44. The topological polar surface area (TPSA) is 74.1 Å². The molecule has 2 aromatic rings. The van der Waals surface area contributed by atoms with Crippen molar-refractivity contribution in [3.8, 4) is 11.9 Å². The molecule has 1 N–H and O–H groups in total. The van der Waals surface area contributed by atoms with Crippen LogP contribution in [0.2, 0.25) is 0 Å². The van der Waals surface area contributed by atoms with Crippen molar-refractivity contribution in [2.75, 3.05) is 31.1 Å². The largest absolute Gasteiger partial charge is 0.466 e. The highest BCUT2D eigenvalue weighted by molar-refractivity contribution is 5.55. The van der Waals surface area contributed by atoms with Gasteiger partial charge in [0.1, 0.15) is 17.5 Å². The van der Waals surface area contributed by atoms with Gasteiger partial charge >= 0.3 is 0 Å². The number of nitrogens with one attached hydrogen (secondary N) is 1. The van der Waals surface area contributed by atoms with Gasteiger partial charge in [0.2, 0.25) is 11.7 Å². The van der Waals surface area contributed by atoms with Gasteiger partial charge in [0, 0.05) is 31.7 Å². The number of rotatable bonds is 1. The summed E-state index contributed by atoms with van der Waals surface area (Å²) in [5.41, 5.74) is 4.76. The number of aromatic nitrogens is 2. The maximum atomic E-state index is 9.50. The molecule has 0 radical (unpaired) electrons. The van der Waals surface area contributed by atoms with E-state index in [-0.39, 0.29) is 11.4 Å². The molecule has 6 heteroatoms. The van der Waals surface area contributed by atoms with Gasteiger partial charge in [-0.15, -0.1) is 0 Å². The number of fused-ring (bicyclic) bond motifs is 3. The molecule has 2 aliphatic heterocycles. The number of anilines is 1.